The molecule has 0 bridgehead atoms. The second kappa shape index (κ2) is 15.4. The summed E-state index contributed by atoms with van der Waals surface area (Å²) in [5, 5.41) is 3.45. The molecule has 0 aliphatic carbocycles. The van der Waals surface area contributed by atoms with Gasteiger partial charge in [0.2, 0.25) is 11.8 Å². The first-order valence-electron chi connectivity index (χ1n) is 15.4. The SMILES string of the molecule is Cc1ccc(S(=O)(=O)N(CC(=O)N(Cc2ccccc2Cl)C(Cc2ccccc2)C(=O)NCC(C)C)c2ccc(C)cc2C)cc1. The van der Waals surface area contributed by atoms with Crippen LogP contribution in [-0.2, 0) is 32.6 Å². The molecule has 0 fully saturated rings. The number of halogens is 1. The molecule has 0 saturated heterocycles. The summed E-state index contributed by atoms with van der Waals surface area (Å²) >= 11 is 6.58. The van der Waals surface area contributed by atoms with Crippen LogP contribution < -0.4 is 9.62 Å². The zero-order valence-corrected chi connectivity index (χ0v) is 28.6. The van der Waals surface area contributed by atoms with E-state index in [2.05, 4.69) is 5.32 Å². The van der Waals surface area contributed by atoms with E-state index in [-0.39, 0.29) is 29.7 Å². The molecule has 0 saturated carbocycles. The van der Waals surface area contributed by atoms with Crippen molar-refractivity contribution in [2.45, 2.75) is 58.5 Å². The van der Waals surface area contributed by atoms with Gasteiger partial charge in [-0.3, -0.25) is 13.9 Å². The van der Waals surface area contributed by atoms with Gasteiger partial charge in [-0.05, 0) is 67.6 Å². The Morgan fingerprint density at radius 1 is 0.826 bits per heavy atom. The van der Waals surface area contributed by atoms with Gasteiger partial charge in [0.1, 0.15) is 12.6 Å². The number of aryl methyl sites for hydroxylation is 3. The average Bonchev–Trinajstić information content (AvgIpc) is 3.02. The third kappa shape index (κ3) is 8.77. The Morgan fingerprint density at radius 2 is 1.46 bits per heavy atom. The molecule has 4 aromatic rings. The summed E-state index contributed by atoms with van der Waals surface area (Å²) in [5.41, 5.74) is 4.48. The molecule has 0 aliphatic rings. The predicted octanol–water partition coefficient (Wildman–Crippen LogP) is 6.87. The molecule has 1 unspecified atom stereocenters. The molecule has 1 N–H and O–H groups in total. The van der Waals surface area contributed by atoms with Crippen molar-refractivity contribution in [1.82, 2.24) is 10.2 Å². The predicted molar refractivity (Wildman–Crippen MR) is 185 cm³/mol. The highest BCUT2D eigenvalue weighted by Gasteiger charge is 2.35. The molecule has 1 atom stereocenters. The topological polar surface area (TPSA) is 86.8 Å². The van der Waals surface area contributed by atoms with Gasteiger partial charge in [0.15, 0.2) is 0 Å². The maximum absolute atomic E-state index is 14.6. The first-order valence-corrected chi connectivity index (χ1v) is 17.2. The third-order valence-electron chi connectivity index (χ3n) is 7.76. The Hall–Kier alpha value is -4.14. The molecule has 0 aliphatic heterocycles. The van der Waals surface area contributed by atoms with E-state index < -0.39 is 28.5 Å². The lowest BCUT2D eigenvalue weighted by molar-refractivity contribution is -0.140. The molecule has 0 heterocycles. The molecular weight excluding hydrogens is 618 g/mol. The number of sulfonamides is 1. The van der Waals surface area contributed by atoms with Crippen molar-refractivity contribution in [1.29, 1.82) is 0 Å². The van der Waals surface area contributed by atoms with Crippen LogP contribution in [0.15, 0.2) is 102 Å². The van der Waals surface area contributed by atoms with Crippen LogP contribution in [0.25, 0.3) is 0 Å². The van der Waals surface area contributed by atoms with Crippen LogP contribution in [0.2, 0.25) is 5.02 Å². The number of amides is 2. The van der Waals surface area contributed by atoms with Gasteiger partial charge >= 0.3 is 0 Å². The molecular formula is C37H42ClN3O4S. The largest absolute Gasteiger partial charge is 0.354 e. The highest BCUT2D eigenvalue weighted by molar-refractivity contribution is 7.92. The summed E-state index contributed by atoms with van der Waals surface area (Å²) in [6, 6.07) is 27.7. The smallest absolute Gasteiger partial charge is 0.264 e. The fourth-order valence-corrected chi connectivity index (χ4v) is 6.90. The summed E-state index contributed by atoms with van der Waals surface area (Å²) in [4.78, 5) is 30.1. The van der Waals surface area contributed by atoms with E-state index in [0.29, 0.717) is 28.4 Å². The first-order chi connectivity index (χ1) is 21.9. The van der Waals surface area contributed by atoms with Crippen molar-refractivity contribution in [3.63, 3.8) is 0 Å². The monoisotopic (exact) mass is 659 g/mol. The molecule has 0 radical (unpaired) electrons. The van der Waals surface area contributed by atoms with Crippen LogP contribution in [0.3, 0.4) is 0 Å². The van der Waals surface area contributed by atoms with Gasteiger partial charge in [-0.1, -0.05) is 109 Å². The van der Waals surface area contributed by atoms with Crippen molar-refractivity contribution in [2.24, 2.45) is 5.92 Å². The lowest BCUT2D eigenvalue weighted by atomic mass is 10.0. The zero-order valence-electron chi connectivity index (χ0n) is 27.0. The van der Waals surface area contributed by atoms with Gasteiger partial charge in [0, 0.05) is 24.5 Å². The number of nitrogens with one attached hydrogen (secondary N) is 1. The van der Waals surface area contributed by atoms with Crippen molar-refractivity contribution >= 4 is 39.1 Å². The summed E-state index contributed by atoms with van der Waals surface area (Å²) in [6.07, 6.45) is 0.231. The van der Waals surface area contributed by atoms with Gasteiger partial charge in [-0.15, -0.1) is 0 Å². The lowest BCUT2D eigenvalue weighted by Crippen LogP contribution is -2.53. The minimum absolute atomic E-state index is 0.0103. The van der Waals surface area contributed by atoms with Gasteiger partial charge in [0.25, 0.3) is 10.0 Å². The van der Waals surface area contributed by atoms with Crippen molar-refractivity contribution in [2.75, 3.05) is 17.4 Å². The highest BCUT2D eigenvalue weighted by Crippen LogP contribution is 2.29. The maximum atomic E-state index is 14.6. The fraction of sp³-hybridized carbons (Fsp3) is 0.297. The number of nitrogens with zero attached hydrogens (tertiary/aromatic N) is 2. The van der Waals surface area contributed by atoms with Crippen LogP contribution in [0.5, 0.6) is 0 Å². The van der Waals surface area contributed by atoms with Gasteiger partial charge in [-0.2, -0.15) is 0 Å². The number of carbonyl (C=O) groups is 2. The first kappa shape index (κ1) is 34.7. The molecule has 9 heteroatoms. The summed E-state index contributed by atoms with van der Waals surface area (Å²) in [7, 11) is -4.18. The van der Waals surface area contributed by atoms with E-state index in [1.54, 1.807) is 48.5 Å². The molecule has 0 spiro atoms. The van der Waals surface area contributed by atoms with E-state index in [1.165, 1.54) is 4.90 Å². The number of anilines is 1. The zero-order chi connectivity index (χ0) is 33.4. The Bertz CT molecular complexity index is 1760. The molecule has 242 valence electrons. The van der Waals surface area contributed by atoms with E-state index in [9.17, 15) is 18.0 Å². The van der Waals surface area contributed by atoms with Crippen molar-refractivity contribution in [3.05, 3.63) is 130 Å². The Labute approximate surface area is 278 Å². The highest BCUT2D eigenvalue weighted by atomic mass is 35.5. The molecule has 7 nitrogen and oxygen atoms in total. The normalized spacial score (nSPS) is 12.1. The van der Waals surface area contributed by atoms with Crippen LogP contribution >= 0.6 is 11.6 Å². The number of benzene rings is 4. The van der Waals surface area contributed by atoms with Gasteiger partial charge in [-0.25, -0.2) is 8.42 Å². The summed E-state index contributed by atoms with van der Waals surface area (Å²) in [6.45, 7) is 9.54. The standard InChI is InChI=1S/C37H42ClN3O4S/c1-26(2)23-39-37(43)35(22-30-11-7-6-8-12-30)40(24-31-13-9-10-14-33(31)38)36(42)25-41(34-20-17-28(4)21-29(34)5)46(44,45)32-18-15-27(3)16-19-32/h6-21,26,35H,22-25H2,1-5H3,(H,39,43). The van der Waals surface area contributed by atoms with Crippen LogP contribution in [0, 0.1) is 26.7 Å². The molecule has 4 rings (SSSR count). The van der Waals surface area contributed by atoms with Crippen LogP contribution in [0.4, 0.5) is 5.69 Å². The molecule has 46 heavy (non-hydrogen) atoms. The summed E-state index contributed by atoms with van der Waals surface area (Å²) < 4.78 is 29.7. The lowest BCUT2D eigenvalue weighted by Gasteiger charge is -2.34. The van der Waals surface area contributed by atoms with E-state index >= 15 is 0 Å². The minimum atomic E-state index is -4.18. The van der Waals surface area contributed by atoms with Crippen LogP contribution in [0.1, 0.15) is 41.7 Å². The van der Waals surface area contributed by atoms with Gasteiger partial charge < -0.3 is 10.2 Å². The Morgan fingerprint density at radius 3 is 2.09 bits per heavy atom. The summed E-state index contributed by atoms with van der Waals surface area (Å²) in [5.74, 6) is -0.665. The van der Waals surface area contributed by atoms with Crippen molar-refractivity contribution < 1.29 is 18.0 Å². The quantitative estimate of drug-likeness (QED) is 0.170. The van der Waals surface area contributed by atoms with E-state index in [1.807, 2.05) is 83.1 Å². The number of carbonyl (C=O) groups excluding carboxylic acids is 2. The van der Waals surface area contributed by atoms with Crippen molar-refractivity contribution in [3.8, 4) is 0 Å². The number of rotatable bonds is 13. The maximum Gasteiger partial charge on any atom is 0.264 e. The minimum Gasteiger partial charge on any atom is -0.354 e. The Kier molecular flexibility index (Phi) is 11.7. The molecule has 2 amide bonds. The molecule has 4 aromatic carbocycles. The van der Waals surface area contributed by atoms with E-state index in [4.69, 9.17) is 11.6 Å². The second-order valence-electron chi connectivity index (χ2n) is 12.1. The molecule has 0 aromatic heterocycles. The Balaban J connectivity index is 1.83. The number of hydrogen-bond acceptors (Lipinski definition) is 4. The van der Waals surface area contributed by atoms with Crippen LogP contribution in [-0.4, -0.2) is 44.3 Å². The fourth-order valence-electron chi connectivity index (χ4n) is 5.22. The average molecular weight is 660 g/mol. The number of hydrogen-bond donors (Lipinski definition) is 1. The second-order valence-corrected chi connectivity index (χ2v) is 14.3. The third-order valence-corrected chi connectivity index (χ3v) is 9.91. The van der Waals surface area contributed by atoms with E-state index in [0.717, 1.165) is 21.0 Å². The van der Waals surface area contributed by atoms with Gasteiger partial charge in [0.05, 0.1) is 10.6 Å².